The Kier molecular flexibility index (Phi) is 7.46. The maximum atomic E-state index is 10.5. The Labute approximate surface area is 200 Å². The minimum Gasteiger partial charge on any atom is -0.390 e. The van der Waals surface area contributed by atoms with E-state index in [4.69, 9.17) is 16.6 Å². The number of anilines is 1. The third-order valence-electron chi connectivity index (χ3n) is 4.75. The van der Waals surface area contributed by atoms with Gasteiger partial charge in [0.05, 0.1) is 22.2 Å². The molecule has 4 nitrogen and oxygen atoms in total. The standard InChI is InChI=1S/C25H20ClN3OS2/c26-18-8-10-19(11-9-18)28-15-20(30)16-32-25-22(14-27)21(17-5-2-1-3-6-17)13-23(29-25)24-7-4-12-31-24/h1-13,20,28,30H,15-16H2/t20-/m0/s1. The fraction of sp³-hybridized carbons (Fsp3) is 0.120. The highest BCUT2D eigenvalue weighted by atomic mass is 35.5. The number of thiophene rings is 1. The van der Waals surface area contributed by atoms with Gasteiger partial charge in [0, 0.05) is 28.6 Å². The quantitative estimate of drug-likeness (QED) is 0.281. The van der Waals surface area contributed by atoms with Crippen LogP contribution in [0.2, 0.25) is 5.02 Å². The lowest BCUT2D eigenvalue weighted by molar-refractivity contribution is 0.213. The number of nitriles is 1. The first-order chi connectivity index (χ1) is 15.6. The minimum absolute atomic E-state index is 0.382. The molecule has 0 radical (unpaired) electrons. The zero-order chi connectivity index (χ0) is 22.3. The number of benzene rings is 2. The van der Waals surface area contributed by atoms with Gasteiger partial charge in [0.25, 0.3) is 0 Å². The van der Waals surface area contributed by atoms with Crippen molar-refractivity contribution < 1.29 is 5.11 Å². The number of aromatic nitrogens is 1. The second-order valence-corrected chi connectivity index (χ2v) is 9.44. The van der Waals surface area contributed by atoms with E-state index in [1.807, 2.05) is 66.0 Å². The SMILES string of the molecule is N#Cc1c(-c2ccccc2)cc(-c2cccs2)nc1SC[C@@H](O)CNc1ccc(Cl)cc1. The second kappa shape index (κ2) is 10.7. The van der Waals surface area contributed by atoms with Crippen LogP contribution in [0.3, 0.4) is 0 Å². The molecule has 7 heteroatoms. The Morgan fingerprint density at radius 3 is 2.56 bits per heavy atom. The molecule has 0 unspecified atom stereocenters. The van der Waals surface area contributed by atoms with E-state index in [-0.39, 0.29) is 0 Å². The van der Waals surface area contributed by atoms with E-state index in [0.29, 0.717) is 27.9 Å². The number of nitrogens with one attached hydrogen (secondary N) is 1. The van der Waals surface area contributed by atoms with Crippen molar-refractivity contribution in [3.05, 3.63) is 88.8 Å². The number of aliphatic hydroxyl groups excluding tert-OH is 1. The highest BCUT2D eigenvalue weighted by Crippen LogP contribution is 2.35. The van der Waals surface area contributed by atoms with Gasteiger partial charge in [-0.1, -0.05) is 48.0 Å². The fourth-order valence-electron chi connectivity index (χ4n) is 3.17. The summed E-state index contributed by atoms with van der Waals surface area (Å²) in [5, 5.41) is 27.0. The maximum Gasteiger partial charge on any atom is 0.115 e. The number of halogens is 1. The first-order valence-electron chi connectivity index (χ1n) is 9.99. The van der Waals surface area contributed by atoms with Crippen molar-refractivity contribution in [3.8, 4) is 27.8 Å². The largest absolute Gasteiger partial charge is 0.390 e. The van der Waals surface area contributed by atoms with Crippen molar-refractivity contribution in [2.45, 2.75) is 11.1 Å². The number of aliphatic hydroxyl groups is 1. The molecular formula is C25H20ClN3OS2. The average Bonchev–Trinajstić information content (AvgIpc) is 3.37. The lowest BCUT2D eigenvalue weighted by atomic mass is 10.0. The third kappa shape index (κ3) is 5.50. The van der Waals surface area contributed by atoms with Crippen LogP contribution in [0.1, 0.15) is 5.56 Å². The number of hydrogen-bond donors (Lipinski definition) is 2. The smallest absolute Gasteiger partial charge is 0.115 e. The average molecular weight is 478 g/mol. The number of hydrogen-bond acceptors (Lipinski definition) is 6. The molecule has 1 atom stereocenters. The molecule has 0 amide bonds. The molecule has 0 saturated carbocycles. The molecule has 0 fully saturated rings. The second-order valence-electron chi connectivity index (χ2n) is 7.04. The summed E-state index contributed by atoms with van der Waals surface area (Å²) in [4.78, 5) is 5.82. The first-order valence-corrected chi connectivity index (χ1v) is 12.2. The highest BCUT2D eigenvalue weighted by molar-refractivity contribution is 7.99. The Morgan fingerprint density at radius 1 is 1.09 bits per heavy atom. The summed E-state index contributed by atoms with van der Waals surface area (Å²) in [7, 11) is 0. The van der Waals surface area contributed by atoms with Gasteiger partial charge < -0.3 is 10.4 Å². The summed E-state index contributed by atoms with van der Waals surface area (Å²) in [6.07, 6.45) is -0.616. The van der Waals surface area contributed by atoms with Crippen LogP contribution in [-0.2, 0) is 0 Å². The predicted octanol–water partition coefficient (Wildman–Crippen LogP) is 6.57. The monoisotopic (exact) mass is 477 g/mol. The molecule has 160 valence electrons. The molecule has 0 aliphatic carbocycles. The summed E-state index contributed by atoms with van der Waals surface area (Å²) >= 11 is 8.92. The van der Waals surface area contributed by atoms with E-state index in [0.717, 1.165) is 27.4 Å². The third-order valence-corrected chi connectivity index (χ3v) is 7.02. The summed E-state index contributed by atoms with van der Waals surface area (Å²) in [6.45, 7) is 0.382. The van der Waals surface area contributed by atoms with E-state index >= 15 is 0 Å². The number of rotatable bonds is 8. The minimum atomic E-state index is -0.616. The van der Waals surface area contributed by atoms with Gasteiger partial charge in [-0.25, -0.2) is 4.98 Å². The molecule has 0 aliphatic rings. The van der Waals surface area contributed by atoms with Gasteiger partial charge in [0.1, 0.15) is 11.1 Å². The number of pyridine rings is 1. The van der Waals surface area contributed by atoms with Crippen LogP contribution in [0.4, 0.5) is 5.69 Å². The van der Waals surface area contributed by atoms with Crippen LogP contribution in [0.15, 0.2) is 83.2 Å². The lowest BCUT2D eigenvalue weighted by Crippen LogP contribution is -2.22. The Bertz CT molecular complexity index is 1210. The Balaban J connectivity index is 1.56. The first kappa shape index (κ1) is 22.4. The van der Waals surface area contributed by atoms with Crippen LogP contribution >= 0.6 is 34.7 Å². The van der Waals surface area contributed by atoms with E-state index in [9.17, 15) is 10.4 Å². The molecule has 0 aliphatic heterocycles. The van der Waals surface area contributed by atoms with Crippen molar-refractivity contribution in [2.75, 3.05) is 17.6 Å². The van der Waals surface area contributed by atoms with Gasteiger partial charge in [-0.3, -0.25) is 0 Å². The summed E-state index contributed by atoms with van der Waals surface area (Å²) in [5.74, 6) is 0.407. The van der Waals surface area contributed by atoms with Crippen molar-refractivity contribution in [3.63, 3.8) is 0 Å². The van der Waals surface area contributed by atoms with E-state index in [2.05, 4.69) is 11.4 Å². The number of nitrogens with zero attached hydrogens (tertiary/aromatic N) is 2. The molecule has 4 rings (SSSR count). The topological polar surface area (TPSA) is 68.9 Å². The predicted molar refractivity (Wildman–Crippen MR) is 134 cm³/mol. The summed E-state index contributed by atoms with van der Waals surface area (Å²) in [6, 6.07) is 25.5. The van der Waals surface area contributed by atoms with Crippen molar-refractivity contribution in [1.29, 1.82) is 5.26 Å². The molecular weight excluding hydrogens is 458 g/mol. The van der Waals surface area contributed by atoms with Crippen molar-refractivity contribution in [1.82, 2.24) is 4.98 Å². The van der Waals surface area contributed by atoms with E-state index in [1.165, 1.54) is 11.8 Å². The van der Waals surface area contributed by atoms with Gasteiger partial charge in [-0.2, -0.15) is 5.26 Å². The molecule has 2 heterocycles. The van der Waals surface area contributed by atoms with Crippen LogP contribution in [0.5, 0.6) is 0 Å². The summed E-state index contributed by atoms with van der Waals surface area (Å²) in [5.41, 5.74) is 4.06. The molecule has 2 aromatic carbocycles. The van der Waals surface area contributed by atoms with Crippen LogP contribution < -0.4 is 5.32 Å². The van der Waals surface area contributed by atoms with Gasteiger partial charge >= 0.3 is 0 Å². The normalized spacial score (nSPS) is 11.7. The van der Waals surface area contributed by atoms with E-state index < -0.39 is 6.10 Å². The molecule has 0 spiro atoms. The molecule has 0 bridgehead atoms. The zero-order valence-corrected chi connectivity index (χ0v) is 19.4. The zero-order valence-electron chi connectivity index (χ0n) is 17.0. The van der Waals surface area contributed by atoms with Crippen molar-refractivity contribution in [2.24, 2.45) is 0 Å². The molecule has 0 saturated heterocycles. The van der Waals surface area contributed by atoms with Gasteiger partial charge in [-0.15, -0.1) is 23.1 Å². The molecule has 32 heavy (non-hydrogen) atoms. The van der Waals surface area contributed by atoms with E-state index in [1.54, 1.807) is 23.5 Å². The Morgan fingerprint density at radius 2 is 1.88 bits per heavy atom. The van der Waals surface area contributed by atoms with Crippen LogP contribution in [-0.4, -0.2) is 28.5 Å². The molecule has 2 aromatic heterocycles. The van der Waals surface area contributed by atoms with Crippen molar-refractivity contribution >= 4 is 40.4 Å². The Hall–Kier alpha value is -2.82. The van der Waals surface area contributed by atoms with Gasteiger partial charge in [0.15, 0.2) is 0 Å². The van der Waals surface area contributed by atoms with Crippen LogP contribution in [0.25, 0.3) is 21.7 Å². The van der Waals surface area contributed by atoms with Gasteiger partial charge in [-0.05, 0) is 47.3 Å². The lowest BCUT2D eigenvalue weighted by Gasteiger charge is -2.15. The van der Waals surface area contributed by atoms with Gasteiger partial charge in [0.2, 0.25) is 0 Å². The fourth-order valence-corrected chi connectivity index (χ4v) is 4.91. The molecule has 2 N–H and O–H groups in total. The number of thioether (sulfide) groups is 1. The molecule has 4 aromatic rings. The maximum absolute atomic E-state index is 10.5. The van der Waals surface area contributed by atoms with Crippen LogP contribution in [0, 0.1) is 11.3 Å². The summed E-state index contributed by atoms with van der Waals surface area (Å²) < 4.78 is 0. The highest BCUT2D eigenvalue weighted by Gasteiger charge is 2.17.